The Morgan fingerprint density at radius 2 is 1.86 bits per heavy atom. The molecule has 1 aromatic heterocycles. The molecule has 1 heterocycles. The SMILES string of the molecule is C[C@@]1(O)CC[C@H]2[C@H](CCC3[C@@H]2CC[C@]2(C)[C@@H](C(=O)Cn4nnc5ccc(OC(F)(F)F)cc54)CC[C@@H]32)C1. The van der Waals surface area contributed by atoms with Gasteiger partial charge in [0.2, 0.25) is 0 Å². The average molecular weight is 520 g/mol. The van der Waals surface area contributed by atoms with Gasteiger partial charge in [0.15, 0.2) is 5.78 Å². The van der Waals surface area contributed by atoms with Gasteiger partial charge in [0.25, 0.3) is 0 Å². The fourth-order valence-corrected chi connectivity index (χ4v) is 9.13. The van der Waals surface area contributed by atoms with Crippen molar-refractivity contribution in [3.8, 4) is 5.75 Å². The number of aromatic nitrogens is 3. The summed E-state index contributed by atoms with van der Waals surface area (Å²) in [4.78, 5) is 13.7. The van der Waals surface area contributed by atoms with E-state index in [0.717, 1.165) is 44.9 Å². The standard InChI is InChI=1S/C28H36F3N3O3/c1-26(36)11-9-18-16(14-26)3-5-20-19(18)10-12-27(2)21(20)6-7-22(27)25(35)15-34-24-13-17(37-28(29,30)31)4-8-23(24)32-33-34/h4,8,13,16,18-22,36H,3,5-7,9-12,14-15H2,1-2H3/t16-,18+,19-,20?,21+,22-,26-,27+/m1/s1. The zero-order valence-electron chi connectivity index (χ0n) is 21.5. The number of fused-ring (bicyclic) bond motifs is 6. The Morgan fingerprint density at radius 3 is 2.65 bits per heavy atom. The molecule has 0 bridgehead atoms. The predicted molar refractivity (Wildman–Crippen MR) is 130 cm³/mol. The highest BCUT2D eigenvalue weighted by molar-refractivity contribution is 5.84. The molecule has 1 unspecified atom stereocenters. The summed E-state index contributed by atoms with van der Waals surface area (Å²) in [6.45, 7) is 4.30. The van der Waals surface area contributed by atoms with Crippen molar-refractivity contribution in [2.75, 3.05) is 0 Å². The third-order valence-electron chi connectivity index (χ3n) is 10.7. The van der Waals surface area contributed by atoms with Crippen LogP contribution in [0.25, 0.3) is 11.0 Å². The Bertz CT molecular complexity index is 1190. The van der Waals surface area contributed by atoms with Gasteiger partial charge in [0.05, 0.1) is 11.1 Å². The number of alkyl halides is 3. The van der Waals surface area contributed by atoms with Crippen molar-refractivity contribution in [1.29, 1.82) is 0 Å². The zero-order valence-corrected chi connectivity index (χ0v) is 21.5. The van der Waals surface area contributed by atoms with Gasteiger partial charge < -0.3 is 9.84 Å². The second kappa shape index (κ2) is 8.68. The molecule has 0 amide bonds. The molecule has 4 saturated carbocycles. The number of aliphatic hydroxyl groups is 1. The molecule has 0 spiro atoms. The van der Waals surface area contributed by atoms with Crippen LogP contribution in [0.5, 0.6) is 5.75 Å². The normalized spacial score (nSPS) is 39.6. The van der Waals surface area contributed by atoms with Crippen molar-refractivity contribution in [3.05, 3.63) is 18.2 Å². The molecular formula is C28H36F3N3O3. The first kappa shape index (κ1) is 25.1. The van der Waals surface area contributed by atoms with Crippen LogP contribution in [-0.4, -0.2) is 37.8 Å². The lowest BCUT2D eigenvalue weighted by Gasteiger charge is -2.56. The van der Waals surface area contributed by atoms with Gasteiger partial charge in [-0.2, -0.15) is 0 Å². The Hall–Kier alpha value is -2.16. The van der Waals surface area contributed by atoms with E-state index in [1.54, 1.807) is 0 Å². The molecule has 202 valence electrons. The molecule has 8 atom stereocenters. The van der Waals surface area contributed by atoms with E-state index in [0.29, 0.717) is 40.6 Å². The molecule has 0 radical (unpaired) electrons. The summed E-state index contributed by atoms with van der Waals surface area (Å²) < 4.78 is 43.6. The zero-order chi connectivity index (χ0) is 26.2. The summed E-state index contributed by atoms with van der Waals surface area (Å²) in [5.74, 6) is 2.89. The lowest BCUT2D eigenvalue weighted by molar-refractivity contribution is -0.274. The van der Waals surface area contributed by atoms with Crippen molar-refractivity contribution in [2.24, 2.45) is 40.9 Å². The number of nitrogens with zero attached hydrogens (tertiary/aromatic N) is 3. The average Bonchev–Trinajstić information content (AvgIpc) is 3.37. The molecule has 6 nitrogen and oxygen atoms in total. The van der Waals surface area contributed by atoms with Crippen LogP contribution in [-0.2, 0) is 11.3 Å². The van der Waals surface area contributed by atoms with Crippen molar-refractivity contribution >= 4 is 16.8 Å². The van der Waals surface area contributed by atoms with Crippen molar-refractivity contribution in [2.45, 2.75) is 90.1 Å². The molecular weight excluding hydrogens is 483 g/mol. The molecule has 9 heteroatoms. The highest BCUT2D eigenvalue weighted by Crippen LogP contribution is 2.64. The van der Waals surface area contributed by atoms with E-state index in [4.69, 9.17) is 0 Å². The van der Waals surface area contributed by atoms with Gasteiger partial charge in [-0.1, -0.05) is 12.1 Å². The summed E-state index contributed by atoms with van der Waals surface area (Å²) in [6.07, 6.45) is 4.62. The first-order chi connectivity index (χ1) is 17.4. The number of Topliss-reactive ketones (excluding diaryl/α,β-unsaturated/α-hetero) is 1. The summed E-state index contributed by atoms with van der Waals surface area (Å²) in [7, 11) is 0. The highest BCUT2D eigenvalue weighted by atomic mass is 19.4. The molecule has 4 fully saturated rings. The second-order valence-corrected chi connectivity index (χ2v) is 12.8. The fraction of sp³-hybridized carbons (Fsp3) is 0.750. The number of hydrogen-bond donors (Lipinski definition) is 1. The smallest absolute Gasteiger partial charge is 0.406 e. The number of benzene rings is 1. The van der Waals surface area contributed by atoms with Crippen LogP contribution in [0.4, 0.5) is 13.2 Å². The third kappa shape index (κ3) is 4.45. The quantitative estimate of drug-likeness (QED) is 0.543. The Kier molecular flexibility index (Phi) is 5.90. The molecule has 1 aromatic carbocycles. The minimum absolute atomic E-state index is 0.00677. The maximum absolute atomic E-state index is 13.7. The van der Waals surface area contributed by atoms with E-state index in [1.807, 2.05) is 6.92 Å². The lowest BCUT2D eigenvalue weighted by Crippen LogP contribution is -2.51. The maximum atomic E-state index is 13.7. The topological polar surface area (TPSA) is 77.2 Å². The Labute approximate surface area is 214 Å². The summed E-state index contributed by atoms with van der Waals surface area (Å²) >= 11 is 0. The van der Waals surface area contributed by atoms with Gasteiger partial charge in [0.1, 0.15) is 17.8 Å². The van der Waals surface area contributed by atoms with E-state index in [2.05, 4.69) is 22.0 Å². The van der Waals surface area contributed by atoms with Crippen LogP contribution >= 0.6 is 0 Å². The minimum Gasteiger partial charge on any atom is -0.406 e. The predicted octanol–water partition coefficient (Wildman–Crippen LogP) is 5.92. The van der Waals surface area contributed by atoms with E-state index in [-0.39, 0.29) is 29.4 Å². The molecule has 2 aromatic rings. The lowest BCUT2D eigenvalue weighted by atomic mass is 9.49. The van der Waals surface area contributed by atoms with E-state index in [1.165, 1.54) is 35.7 Å². The Balaban J connectivity index is 1.18. The van der Waals surface area contributed by atoms with Crippen molar-refractivity contribution in [3.63, 3.8) is 0 Å². The number of halogens is 3. The van der Waals surface area contributed by atoms with Gasteiger partial charge in [0, 0.05) is 12.0 Å². The van der Waals surface area contributed by atoms with Gasteiger partial charge >= 0.3 is 6.36 Å². The van der Waals surface area contributed by atoms with E-state index >= 15 is 0 Å². The Morgan fingerprint density at radius 1 is 1.08 bits per heavy atom. The van der Waals surface area contributed by atoms with Crippen LogP contribution in [0.2, 0.25) is 0 Å². The third-order valence-corrected chi connectivity index (χ3v) is 10.7. The van der Waals surface area contributed by atoms with Gasteiger partial charge in [-0.05, 0) is 112 Å². The summed E-state index contributed by atoms with van der Waals surface area (Å²) in [6, 6.07) is 3.89. The van der Waals surface area contributed by atoms with Crippen LogP contribution < -0.4 is 4.74 Å². The largest absolute Gasteiger partial charge is 0.573 e. The number of rotatable bonds is 4. The van der Waals surface area contributed by atoms with Crippen LogP contribution in [0.3, 0.4) is 0 Å². The van der Waals surface area contributed by atoms with Crippen molar-refractivity contribution in [1.82, 2.24) is 15.0 Å². The van der Waals surface area contributed by atoms with Crippen molar-refractivity contribution < 1.29 is 27.8 Å². The highest BCUT2D eigenvalue weighted by Gasteiger charge is 2.58. The number of ether oxygens (including phenoxy) is 1. The monoisotopic (exact) mass is 519 g/mol. The molecule has 6 rings (SSSR count). The minimum atomic E-state index is -4.79. The van der Waals surface area contributed by atoms with Gasteiger partial charge in [-0.3, -0.25) is 4.79 Å². The maximum Gasteiger partial charge on any atom is 0.573 e. The first-order valence-electron chi connectivity index (χ1n) is 13.8. The number of carbonyl (C=O) groups is 1. The molecule has 4 aliphatic carbocycles. The van der Waals surface area contributed by atoms with Crippen LogP contribution in [0, 0.1) is 40.9 Å². The second-order valence-electron chi connectivity index (χ2n) is 12.8. The van der Waals surface area contributed by atoms with Gasteiger partial charge in [-0.15, -0.1) is 18.3 Å². The molecule has 1 N–H and O–H groups in total. The van der Waals surface area contributed by atoms with E-state index < -0.39 is 12.0 Å². The van der Waals surface area contributed by atoms with Gasteiger partial charge in [-0.25, -0.2) is 4.68 Å². The van der Waals surface area contributed by atoms with Crippen LogP contribution in [0.15, 0.2) is 18.2 Å². The molecule has 0 saturated heterocycles. The fourth-order valence-electron chi connectivity index (χ4n) is 9.13. The number of carbonyl (C=O) groups excluding carboxylic acids is 1. The molecule has 0 aliphatic heterocycles. The molecule has 4 aliphatic rings. The molecule has 37 heavy (non-hydrogen) atoms. The number of ketones is 1. The summed E-state index contributed by atoms with van der Waals surface area (Å²) in [5.41, 5.74) is 0.228. The summed E-state index contributed by atoms with van der Waals surface area (Å²) in [5, 5.41) is 18.8. The first-order valence-corrected chi connectivity index (χ1v) is 13.8. The number of hydrogen-bond acceptors (Lipinski definition) is 5. The van der Waals surface area contributed by atoms with E-state index in [9.17, 15) is 23.1 Å². The van der Waals surface area contributed by atoms with Crippen LogP contribution in [0.1, 0.15) is 71.6 Å².